The van der Waals surface area contributed by atoms with E-state index in [1.54, 1.807) is 37.3 Å². The molecule has 0 radical (unpaired) electrons. The van der Waals surface area contributed by atoms with Crippen LogP contribution in [0, 0.1) is 5.92 Å². The second-order valence-electron chi connectivity index (χ2n) is 7.74. The largest absolute Gasteiger partial charge is 0.497 e. The van der Waals surface area contributed by atoms with Crippen LogP contribution in [0.25, 0.3) is 21.9 Å². The van der Waals surface area contributed by atoms with Crippen molar-refractivity contribution in [2.24, 2.45) is 5.92 Å². The number of nitrogens with zero attached hydrogens (tertiary/aromatic N) is 1. The average molecular weight is 430 g/mol. The Bertz CT molecular complexity index is 1330. The van der Waals surface area contributed by atoms with Crippen LogP contribution in [-0.2, 0) is 9.59 Å². The summed E-state index contributed by atoms with van der Waals surface area (Å²) in [6.07, 6.45) is 0.146. The van der Waals surface area contributed by atoms with E-state index in [1.165, 1.54) is 0 Å². The quantitative estimate of drug-likeness (QED) is 0.501. The van der Waals surface area contributed by atoms with Crippen molar-refractivity contribution < 1.29 is 23.5 Å². The highest BCUT2D eigenvalue weighted by atomic mass is 16.5. The van der Waals surface area contributed by atoms with Crippen molar-refractivity contribution in [2.75, 3.05) is 31.0 Å². The molecule has 0 saturated carbocycles. The van der Waals surface area contributed by atoms with Gasteiger partial charge in [0.15, 0.2) is 0 Å². The molecule has 1 fully saturated rings. The predicted octanol–water partition coefficient (Wildman–Crippen LogP) is 4.59. The zero-order valence-electron chi connectivity index (χ0n) is 17.8. The van der Waals surface area contributed by atoms with Crippen molar-refractivity contribution in [1.29, 1.82) is 0 Å². The van der Waals surface area contributed by atoms with Crippen LogP contribution in [0.5, 0.6) is 11.5 Å². The molecule has 1 aliphatic heterocycles. The Morgan fingerprint density at radius 2 is 1.78 bits per heavy atom. The van der Waals surface area contributed by atoms with Gasteiger partial charge in [-0.15, -0.1) is 0 Å². The molecule has 0 spiro atoms. The number of para-hydroxylation sites is 1. The molecule has 1 aliphatic rings. The third-order valence-electron chi connectivity index (χ3n) is 5.84. The van der Waals surface area contributed by atoms with E-state index in [-0.39, 0.29) is 18.2 Å². The van der Waals surface area contributed by atoms with Gasteiger partial charge in [0.2, 0.25) is 11.8 Å². The molecule has 0 bridgehead atoms. The highest BCUT2D eigenvalue weighted by molar-refractivity contribution is 6.09. The summed E-state index contributed by atoms with van der Waals surface area (Å²) in [5, 5.41) is 4.82. The Morgan fingerprint density at radius 1 is 1.00 bits per heavy atom. The number of ether oxygens (including phenoxy) is 2. The molecule has 0 aliphatic carbocycles. The van der Waals surface area contributed by atoms with Gasteiger partial charge in [-0.3, -0.25) is 9.59 Å². The first kappa shape index (κ1) is 19.9. The van der Waals surface area contributed by atoms with Crippen LogP contribution in [0.15, 0.2) is 65.1 Å². The molecule has 7 heteroatoms. The molecule has 162 valence electrons. The number of furan rings is 1. The zero-order valence-corrected chi connectivity index (χ0v) is 17.8. The Morgan fingerprint density at radius 3 is 2.53 bits per heavy atom. The minimum absolute atomic E-state index is 0.0879. The van der Waals surface area contributed by atoms with E-state index >= 15 is 0 Å². The van der Waals surface area contributed by atoms with E-state index in [0.29, 0.717) is 29.3 Å². The van der Waals surface area contributed by atoms with Gasteiger partial charge in [-0.25, -0.2) is 0 Å². The van der Waals surface area contributed by atoms with E-state index in [1.807, 2.05) is 42.5 Å². The normalized spacial score (nSPS) is 16.0. The van der Waals surface area contributed by atoms with Crippen LogP contribution in [-0.4, -0.2) is 32.6 Å². The number of fused-ring (bicyclic) bond motifs is 3. The Balaban J connectivity index is 1.38. The number of rotatable bonds is 5. The average Bonchev–Trinajstić information content (AvgIpc) is 3.38. The molecule has 1 saturated heterocycles. The smallest absolute Gasteiger partial charge is 0.229 e. The summed E-state index contributed by atoms with van der Waals surface area (Å²) in [6, 6.07) is 18.6. The van der Waals surface area contributed by atoms with E-state index in [9.17, 15) is 9.59 Å². The molecule has 5 rings (SSSR count). The summed E-state index contributed by atoms with van der Waals surface area (Å²) in [5.74, 6) is 0.454. The Kier molecular flexibility index (Phi) is 4.93. The van der Waals surface area contributed by atoms with Crippen molar-refractivity contribution in [3.63, 3.8) is 0 Å². The van der Waals surface area contributed by atoms with Gasteiger partial charge in [-0.05, 0) is 36.4 Å². The number of hydrogen-bond acceptors (Lipinski definition) is 5. The maximum absolute atomic E-state index is 13.0. The summed E-state index contributed by atoms with van der Waals surface area (Å²) >= 11 is 0. The highest BCUT2D eigenvalue weighted by Crippen LogP contribution is 2.37. The van der Waals surface area contributed by atoms with Crippen molar-refractivity contribution in [3.8, 4) is 11.5 Å². The summed E-state index contributed by atoms with van der Waals surface area (Å²) in [4.78, 5) is 27.2. The molecule has 1 atom stereocenters. The number of carbonyl (C=O) groups is 2. The van der Waals surface area contributed by atoms with Crippen LogP contribution in [0.3, 0.4) is 0 Å². The van der Waals surface area contributed by atoms with Crippen LogP contribution in [0.1, 0.15) is 6.42 Å². The topological polar surface area (TPSA) is 81.0 Å². The van der Waals surface area contributed by atoms with Crippen molar-refractivity contribution in [1.82, 2.24) is 0 Å². The zero-order chi connectivity index (χ0) is 22.2. The van der Waals surface area contributed by atoms with Gasteiger partial charge in [-0.1, -0.05) is 18.2 Å². The third-order valence-corrected chi connectivity index (χ3v) is 5.84. The number of carbonyl (C=O) groups excluding carboxylic acids is 2. The van der Waals surface area contributed by atoms with Crippen LogP contribution in [0.4, 0.5) is 11.4 Å². The lowest BCUT2D eigenvalue weighted by Gasteiger charge is -2.17. The molecule has 7 nitrogen and oxygen atoms in total. The Hall–Kier alpha value is -4.00. The number of amides is 2. The van der Waals surface area contributed by atoms with E-state index in [0.717, 1.165) is 22.0 Å². The summed E-state index contributed by atoms with van der Waals surface area (Å²) in [7, 11) is 3.15. The van der Waals surface area contributed by atoms with Gasteiger partial charge < -0.3 is 24.1 Å². The van der Waals surface area contributed by atoms with Crippen LogP contribution >= 0.6 is 0 Å². The lowest BCUT2D eigenvalue weighted by molar-refractivity contribution is -0.122. The molecular formula is C25H22N2O5. The fourth-order valence-electron chi connectivity index (χ4n) is 4.15. The highest BCUT2D eigenvalue weighted by Gasteiger charge is 2.35. The number of methoxy groups -OCH3 is 2. The maximum Gasteiger partial charge on any atom is 0.229 e. The first-order valence-corrected chi connectivity index (χ1v) is 10.3. The van der Waals surface area contributed by atoms with Gasteiger partial charge in [0.1, 0.15) is 22.7 Å². The molecule has 4 aromatic rings. The van der Waals surface area contributed by atoms with Crippen molar-refractivity contribution >= 4 is 45.1 Å². The molecule has 3 aromatic carbocycles. The van der Waals surface area contributed by atoms with Gasteiger partial charge in [0.05, 0.1) is 25.8 Å². The fraction of sp³-hybridized carbons (Fsp3) is 0.200. The second-order valence-corrected chi connectivity index (χ2v) is 7.74. The van der Waals surface area contributed by atoms with E-state index < -0.39 is 5.92 Å². The first-order valence-electron chi connectivity index (χ1n) is 10.3. The number of benzene rings is 3. The minimum Gasteiger partial charge on any atom is -0.497 e. The van der Waals surface area contributed by atoms with Crippen molar-refractivity contribution in [3.05, 3.63) is 60.7 Å². The van der Waals surface area contributed by atoms with Gasteiger partial charge in [0.25, 0.3) is 0 Å². The molecule has 1 N–H and O–H groups in total. The summed E-state index contributed by atoms with van der Waals surface area (Å²) in [6.45, 7) is 0.312. The van der Waals surface area contributed by atoms with Crippen molar-refractivity contribution in [2.45, 2.75) is 6.42 Å². The van der Waals surface area contributed by atoms with Gasteiger partial charge in [-0.2, -0.15) is 0 Å². The molecule has 32 heavy (non-hydrogen) atoms. The molecular weight excluding hydrogens is 408 g/mol. The summed E-state index contributed by atoms with van der Waals surface area (Å²) in [5.41, 5.74) is 2.68. The fourth-order valence-corrected chi connectivity index (χ4v) is 4.15. The molecule has 2 heterocycles. The first-order chi connectivity index (χ1) is 15.6. The maximum atomic E-state index is 13.0. The minimum atomic E-state index is -0.472. The lowest BCUT2D eigenvalue weighted by Crippen LogP contribution is -2.28. The standard InChI is InChI=1S/C25H22N2O5/c1-30-17-9-7-16(8-10-17)27-14-15(11-24(27)28)25(29)26-20-13-22-19(12-23(20)31-2)18-5-3-4-6-21(18)32-22/h3-10,12-13,15H,11,14H2,1-2H3,(H,26,29). The van der Waals surface area contributed by atoms with E-state index in [4.69, 9.17) is 13.9 Å². The number of anilines is 2. The SMILES string of the molecule is COc1ccc(N2CC(C(=O)Nc3cc4oc5ccccc5c4cc3OC)CC2=O)cc1. The van der Waals surface area contributed by atoms with Gasteiger partial charge in [0, 0.05) is 35.5 Å². The van der Waals surface area contributed by atoms with Crippen LogP contribution in [0.2, 0.25) is 0 Å². The number of hydrogen-bond donors (Lipinski definition) is 1. The lowest BCUT2D eigenvalue weighted by atomic mass is 10.1. The predicted molar refractivity (Wildman–Crippen MR) is 122 cm³/mol. The monoisotopic (exact) mass is 430 g/mol. The Labute approximate surface area is 184 Å². The number of nitrogens with one attached hydrogen (secondary N) is 1. The van der Waals surface area contributed by atoms with E-state index in [2.05, 4.69) is 5.32 Å². The van der Waals surface area contributed by atoms with Gasteiger partial charge >= 0.3 is 0 Å². The summed E-state index contributed by atoms with van der Waals surface area (Å²) < 4.78 is 16.6. The molecule has 1 unspecified atom stereocenters. The molecule has 1 aromatic heterocycles. The molecule has 2 amide bonds. The van der Waals surface area contributed by atoms with Crippen LogP contribution < -0.4 is 19.7 Å². The second kappa shape index (κ2) is 7.92. The third kappa shape index (κ3) is 3.41.